The van der Waals surface area contributed by atoms with E-state index in [1.54, 1.807) is 25.6 Å². The Morgan fingerprint density at radius 2 is 1.85 bits per heavy atom. The molecule has 0 saturated heterocycles. The van der Waals surface area contributed by atoms with Gasteiger partial charge in [-0.05, 0) is 55.3 Å². The Kier molecular flexibility index (Phi) is 5.59. The number of hydrogen-bond donors (Lipinski definition) is 1. The second kappa shape index (κ2) is 8.72. The molecule has 8 heteroatoms. The lowest BCUT2D eigenvalue weighted by molar-refractivity contribution is 0.280. The molecule has 2 aromatic carbocycles. The first-order valence-corrected chi connectivity index (χ1v) is 10.9. The summed E-state index contributed by atoms with van der Waals surface area (Å²) >= 11 is 0. The molecular formula is C26H24FN5O2. The zero-order valence-corrected chi connectivity index (χ0v) is 19.1. The molecule has 34 heavy (non-hydrogen) atoms. The smallest absolute Gasteiger partial charge is 0.165 e. The van der Waals surface area contributed by atoms with Crippen molar-refractivity contribution in [3.05, 3.63) is 89.9 Å². The zero-order valence-electron chi connectivity index (χ0n) is 19.1. The third-order valence-corrected chi connectivity index (χ3v) is 6.02. The van der Waals surface area contributed by atoms with Gasteiger partial charge in [-0.1, -0.05) is 18.2 Å². The molecule has 0 aliphatic carbocycles. The summed E-state index contributed by atoms with van der Waals surface area (Å²) in [6, 6.07) is 14.0. The van der Waals surface area contributed by atoms with Gasteiger partial charge in [-0.25, -0.2) is 9.37 Å². The number of benzene rings is 2. The molecule has 2 aliphatic rings. The molecule has 2 aliphatic heterocycles. The maximum absolute atomic E-state index is 13.4. The first-order chi connectivity index (χ1) is 16.5. The molecule has 7 nitrogen and oxygen atoms in total. The highest BCUT2D eigenvalue weighted by atomic mass is 19.1. The van der Waals surface area contributed by atoms with Crippen LogP contribution >= 0.6 is 0 Å². The number of halogens is 1. The molecule has 172 valence electrons. The molecule has 0 unspecified atom stereocenters. The van der Waals surface area contributed by atoms with E-state index in [0.717, 1.165) is 33.6 Å². The van der Waals surface area contributed by atoms with Crippen molar-refractivity contribution in [1.29, 1.82) is 0 Å². The molecule has 3 aromatic rings. The normalized spacial score (nSPS) is 12.3. The number of aliphatic hydroxyl groups excluding tert-OH is 1. The molecule has 1 N–H and O–H groups in total. The Hall–Kier alpha value is -4.04. The summed E-state index contributed by atoms with van der Waals surface area (Å²) in [4.78, 5) is 4.29. The van der Waals surface area contributed by atoms with E-state index in [4.69, 9.17) is 4.74 Å². The molecule has 0 radical (unpaired) electrons. The van der Waals surface area contributed by atoms with Gasteiger partial charge in [0.25, 0.3) is 0 Å². The number of hydrogen-bond acceptors (Lipinski definition) is 5. The maximum atomic E-state index is 13.4. The lowest BCUT2D eigenvalue weighted by Crippen LogP contribution is -2.12. The van der Waals surface area contributed by atoms with Crippen molar-refractivity contribution in [2.75, 3.05) is 7.11 Å². The molecule has 1 atom stereocenters. The Labute approximate surface area is 196 Å². The van der Waals surface area contributed by atoms with Gasteiger partial charge >= 0.3 is 0 Å². The van der Waals surface area contributed by atoms with Crippen LogP contribution in [0.3, 0.4) is 0 Å². The third-order valence-electron chi connectivity index (χ3n) is 6.02. The van der Waals surface area contributed by atoms with Crippen molar-refractivity contribution in [1.82, 2.24) is 24.3 Å². The van der Waals surface area contributed by atoms with Crippen LogP contribution in [0.5, 0.6) is 5.75 Å². The minimum atomic E-state index is -0.283. The number of aliphatic hydroxyl groups is 1. The number of aromatic nitrogens is 5. The van der Waals surface area contributed by atoms with Gasteiger partial charge < -0.3 is 19.0 Å². The fourth-order valence-electron chi connectivity index (χ4n) is 4.19. The van der Waals surface area contributed by atoms with Gasteiger partial charge in [0.1, 0.15) is 17.3 Å². The lowest BCUT2D eigenvalue weighted by atomic mass is 10.0. The first kappa shape index (κ1) is 21.8. The highest BCUT2D eigenvalue weighted by molar-refractivity contribution is 5.80. The van der Waals surface area contributed by atoms with Crippen LogP contribution in [0.1, 0.15) is 29.8 Å². The number of aryl methyl sites for hydroxylation is 1. The van der Waals surface area contributed by atoms with Crippen LogP contribution in [-0.2, 0) is 6.61 Å². The van der Waals surface area contributed by atoms with E-state index >= 15 is 0 Å². The predicted molar refractivity (Wildman–Crippen MR) is 127 cm³/mol. The summed E-state index contributed by atoms with van der Waals surface area (Å²) in [6.45, 7) is 3.82. The minimum Gasteiger partial charge on any atom is -0.495 e. The minimum absolute atomic E-state index is 0.126. The number of ether oxygens (including phenoxy) is 1. The van der Waals surface area contributed by atoms with Gasteiger partial charge in [0.2, 0.25) is 0 Å². The predicted octanol–water partition coefficient (Wildman–Crippen LogP) is 4.79. The molecule has 0 fully saturated rings. The highest BCUT2D eigenvalue weighted by Gasteiger charge is 2.23. The number of fused-ring (bicyclic) bond motifs is 1. The van der Waals surface area contributed by atoms with Crippen LogP contribution in [0.25, 0.3) is 28.3 Å². The molecule has 5 rings (SSSR count). The summed E-state index contributed by atoms with van der Waals surface area (Å²) in [5, 5.41) is 18.9. The van der Waals surface area contributed by atoms with Crippen LogP contribution in [0.15, 0.2) is 67.3 Å². The molecule has 0 spiro atoms. The van der Waals surface area contributed by atoms with Crippen LogP contribution in [0.2, 0.25) is 0 Å². The number of methoxy groups -OCH3 is 1. The van der Waals surface area contributed by atoms with Gasteiger partial charge in [-0.15, -0.1) is 10.2 Å². The topological polar surface area (TPSA) is 78.0 Å². The van der Waals surface area contributed by atoms with Gasteiger partial charge in [0.05, 0.1) is 37.5 Å². The molecule has 0 saturated carbocycles. The average molecular weight is 458 g/mol. The Bertz CT molecular complexity index is 1420. The summed E-state index contributed by atoms with van der Waals surface area (Å²) in [7, 11) is 1.63. The number of rotatable bonds is 6. The van der Waals surface area contributed by atoms with Crippen molar-refractivity contribution in [2.24, 2.45) is 0 Å². The van der Waals surface area contributed by atoms with Crippen LogP contribution in [0.4, 0.5) is 4.39 Å². The van der Waals surface area contributed by atoms with Crippen molar-refractivity contribution < 1.29 is 14.2 Å². The monoisotopic (exact) mass is 457 g/mol. The number of pyridine rings is 1. The fraction of sp³-hybridized carbons (Fsp3) is 0.192. The van der Waals surface area contributed by atoms with E-state index in [9.17, 15) is 9.50 Å². The van der Waals surface area contributed by atoms with E-state index in [0.29, 0.717) is 17.3 Å². The number of imidazole rings is 1. The lowest BCUT2D eigenvalue weighted by Gasteiger charge is -2.21. The fourth-order valence-corrected chi connectivity index (χ4v) is 4.19. The van der Waals surface area contributed by atoms with Gasteiger partial charge in [0.15, 0.2) is 5.82 Å². The number of nitrogens with zero attached hydrogens (tertiary/aromatic N) is 5. The van der Waals surface area contributed by atoms with E-state index in [2.05, 4.69) is 15.2 Å². The van der Waals surface area contributed by atoms with Crippen LogP contribution < -0.4 is 4.74 Å². The highest BCUT2D eigenvalue weighted by Crippen LogP contribution is 2.37. The third kappa shape index (κ3) is 3.82. The summed E-state index contributed by atoms with van der Waals surface area (Å²) < 4.78 is 23.0. The molecule has 0 bridgehead atoms. The van der Waals surface area contributed by atoms with E-state index in [-0.39, 0.29) is 18.5 Å². The van der Waals surface area contributed by atoms with Crippen LogP contribution in [0, 0.1) is 12.7 Å². The van der Waals surface area contributed by atoms with Gasteiger partial charge in [-0.2, -0.15) is 0 Å². The van der Waals surface area contributed by atoms with E-state index in [1.807, 2.05) is 59.6 Å². The Balaban J connectivity index is 1.59. The van der Waals surface area contributed by atoms with Gasteiger partial charge in [-0.3, -0.25) is 0 Å². The first-order valence-electron chi connectivity index (χ1n) is 10.9. The summed E-state index contributed by atoms with van der Waals surface area (Å²) in [5.74, 6) is 1.07. The van der Waals surface area contributed by atoms with Crippen LogP contribution in [-0.4, -0.2) is 36.5 Å². The quantitative estimate of drug-likeness (QED) is 0.397. The molecule has 0 amide bonds. The van der Waals surface area contributed by atoms with E-state index < -0.39 is 0 Å². The average Bonchev–Trinajstić information content (AvgIpc) is 3.49. The van der Waals surface area contributed by atoms with Crippen molar-refractivity contribution in [3.8, 4) is 34.1 Å². The van der Waals surface area contributed by atoms with Crippen molar-refractivity contribution in [2.45, 2.75) is 26.5 Å². The molecule has 1 aromatic heterocycles. The molecular weight excluding hydrogens is 433 g/mol. The van der Waals surface area contributed by atoms with Crippen molar-refractivity contribution >= 4 is 0 Å². The summed E-state index contributed by atoms with van der Waals surface area (Å²) in [5.41, 5.74) is 5.79. The van der Waals surface area contributed by atoms with Crippen molar-refractivity contribution in [3.63, 3.8) is 0 Å². The maximum Gasteiger partial charge on any atom is 0.165 e. The molecule has 3 heterocycles. The Morgan fingerprint density at radius 3 is 2.53 bits per heavy atom. The Morgan fingerprint density at radius 1 is 1.06 bits per heavy atom. The van der Waals surface area contributed by atoms with E-state index in [1.165, 1.54) is 12.1 Å². The SMILES string of the molecule is COc1cc(-c2nnc3n([C@@H](C)c4ccc(F)cc4)cc(CO)cc2-3)ccc1-n1cnc(C)c1. The standard InChI is InChI=1S/C26H24FN5O2/c1-16-12-31(15-28-16)23-9-6-20(11-24(23)34-3)25-22-10-18(14-33)13-32(26(22)30-29-25)17(2)19-4-7-21(27)8-5-19/h4-13,15,17,33H,14H2,1-3H3/t17-/m0/s1. The van der Waals surface area contributed by atoms with Gasteiger partial charge in [0, 0.05) is 23.5 Å². The largest absolute Gasteiger partial charge is 0.495 e. The second-order valence-electron chi connectivity index (χ2n) is 8.24. The summed E-state index contributed by atoms with van der Waals surface area (Å²) in [6.07, 6.45) is 5.54. The zero-order chi connectivity index (χ0) is 23.8. The second-order valence-corrected chi connectivity index (χ2v) is 8.24.